The fourth-order valence-electron chi connectivity index (χ4n) is 3.45. The number of nitrogens with one attached hydrogen (secondary N) is 3. The van der Waals surface area contributed by atoms with E-state index in [-0.39, 0.29) is 24.1 Å². The Labute approximate surface area is 174 Å². The largest absolute Gasteiger partial charge is 0.381 e. The maximum atomic E-state index is 5.60. The van der Waals surface area contributed by atoms with Gasteiger partial charge in [0.2, 0.25) is 0 Å². The van der Waals surface area contributed by atoms with E-state index in [2.05, 4.69) is 75.3 Å². The summed E-state index contributed by atoms with van der Waals surface area (Å²) in [7, 11) is 0. The number of aromatic nitrogens is 2. The van der Waals surface area contributed by atoms with Gasteiger partial charge in [-0.15, -0.1) is 0 Å². The molecule has 158 valence electrons. The van der Waals surface area contributed by atoms with Crippen LogP contribution >= 0.6 is 0 Å². The summed E-state index contributed by atoms with van der Waals surface area (Å²) < 4.78 is 5.60. The van der Waals surface area contributed by atoms with Crippen LogP contribution in [0.15, 0.2) is 54.2 Å². The first-order valence-corrected chi connectivity index (χ1v) is 10.7. The molecule has 0 aromatic carbocycles. The van der Waals surface area contributed by atoms with Crippen molar-refractivity contribution in [1.82, 2.24) is 25.8 Å². The van der Waals surface area contributed by atoms with Crippen molar-refractivity contribution in [3.63, 3.8) is 0 Å². The van der Waals surface area contributed by atoms with E-state index < -0.39 is 0 Å². The number of ether oxygens (including phenoxy) is 1. The molecule has 0 amide bonds. The van der Waals surface area contributed by atoms with Gasteiger partial charge in [0.1, 0.15) is 0 Å². The Morgan fingerprint density at radius 3 is 3.14 bits per heavy atom. The van der Waals surface area contributed by atoms with Crippen molar-refractivity contribution in [2.45, 2.75) is 51.3 Å². The van der Waals surface area contributed by atoms with E-state index in [0.29, 0.717) is 0 Å². The van der Waals surface area contributed by atoms with Crippen molar-refractivity contribution in [3.05, 3.63) is 54.7 Å². The Bertz CT molecular complexity index is 696. The van der Waals surface area contributed by atoms with Crippen LogP contribution in [0.1, 0.15) is 44.7 Å². The zero-order valence-corrected chi connectivity index (χ0v) is 17.5. The van der Waals surface area contributed by atoms with E-state index in [1.165, 1.54) is 12.8 Å². The molecule has 0 aliphatic carbocycles. The Balaban J connectivity index is 1.53. The number of hydrogen-bond donors (Lipinski definition) is 3. The van der Waals surface area contributed by atoms with E-state index in [1.54, 1.807) is 0 Å². The molecular formula is C22H34N6O. The molecule has 7 heteroatoms. The SMILES string of the molecule is CCCC/C=C/C(N/C=C/C1C=NNC1/C=C/N1CCO[C@H](C)C1)c1cn[nH]c1. The highest BCUT2D eigenvalue weighted by Crippen LogP contribution is 2.15. The Hall–Kier alpha value is -2.54. The van der Waals surface area contributed by atoms with Crippen molar-refractivity contribution in [2.24, 2.45) is 11.0 Å². The summed E-state index contributed by atoms with van der Waals surface area (Å²) in [5.74, 6) is 0.214. The van der Waals surface area contributed by atoms with Gasteiger partial charge in [0.05, 0.1) is 31.0 Å². The van der Waals surface area contributed by atoms with Gasteiger partial charge < -0.3 is 20.4 Å². The summed E-state index contributed by atoms with van der Waals surface area (Å²) >= 11 is 0. The minimum atomic E-state index is 0.108. The molecule has 3 N–H and O–H groups in total. The highest BCUT2D eigenvalue weighted by molar-refractivity contribution is 5.66. The summed E-state index contributed by atoms with van der Waals surface area (Å²) in [4.78, 5) is 2.31. The van der Waals surface area contributed by atoms with Crippen LogP contribution in [0.4, 0.5) is 0 Å². The maximum Gasteiger partial charge on any atom is 0.0750 e. The van der Waals surface area contributed by atoms with Crippen molar-refractivity contribution in [3.8, 4) is 0 Å². The molecule has 1 saturated heterocycles. The van der Waals surface area contributed by atoms with E-state index in [0.717, 1.165) is 31.7 Å². The van der Waals surface area contributed by atoms with Gasteiger partial charge >= 0.3 is 0 Å². The number of hydrogen-bond acceptors (Lipinski definition) is 6. The van der Waals surface area contributed by atoms with Crippen LogP contribution in [-0.2, 0) is 4.74 Å². The van der Waals surface area contributed by atoms with Gasteiger partial charge in [0.25, 0.3) is 0 Å². The van der Waals surface area contributed by atoms with E-state index in [1.807, 2.05) is 24.8 Å². The van der Waals surface area contributed by atoms with Gasteiger partial charge in [-0.1, -0.05) is 38.0 Å². The van der Waals surface area contributed by atoms with Crippen LogP contribution < -0.4 is 10.7 Å². The molecule has 2 aliphatic heterocycles. The summed E-state index contributed by atoms with van der Waals surface area (Å²) in [6.45, 7) is 6.98. The Morgan fingerprint density at radius 2 is 2.34 bits per heavy atom. The first-order valence-electron chi connectivity index (χ1n) is 10.7. The van der Waals surface area contributed by atoms with Crippen LogP contribution in [0.3, 0.4) is 0 Å². The Morgan fingerprint density at radius 1 is 1.41 bits per heavy atom. The molecule has 3 rings (SSSR count). The third-order valence-electron chi connectivity index (χ3n) is 5.19. The number of morpholine rings is 1. The average Bonchev–Trinajstić information content (AvgIpc) is 3.40. The van der Waals surface area contributed by atoms with Gasteiger partial charge in [0.15, 0.2) is 0 Å². The van der Waals surface area contributed by atoms with Gasteiger partial charge in [-0.3, -0.25) is 5.10 Å². The van der Waals surface area contributed by atoms with Crippen molar-refractivity contribution in [1.29, 1.82) is 0 Å². The number of allylic oxidation sites excluding steroid dienone is 1. The zero-order valence-electron chi connectivity index (χ0n) is 17.5. The minimum Gasteiger partial charge on any atom is -0.381 e. The number of H-pyrrole nitrogens is 1. The van der Waals surface area contributed by atoms with E-state index in [9.17, 15) is 0 Å². The monoisotopic (exact) mass is 398 g/mol. The standard InChI is InChI=1S/C22H34N6O/c1-3-4-5-6-7-21(20-15-24-25-16-20)23-10-8-19-14-26-27-22(19)9-11-28-12-13-29-18(2)17-28/h6-11,14-16,18-19,21-23,27H,3-5,12-13,17H2,1-2H3,(H,24,25)/b7-6+,10-8+,11-9+/t18-,19?,21?,22?/m1/s1. The molecule has 2 aliphatic rings. The molecule has 1 fully saturated rings. The summed E-state index contributed by atoms with van der Waals surface area (Å²) in [6, 6.07) is 0.274. The van der Waals surface area contributed by atoms with Crippen LogP contribution in [0.5, 0.6) is 0 Å². The number of aromatic amines is 1. The predicted octanol–water partition coefficient (Wildman–Crippen LogP) is 3.11. The lowest BCUT2D eigenvalue weighted by Gasteiger charge is -2.30. The third-order valence-corrected chi connectivity index (χ3v) is 5.19. The summed E-state index contributed by atoms with van der Waals surface area (Å²) in [5, 5.41) is 14.7. The van der Waals surface area contributed by atoms with Gasteiger partial charge in [-0.2, -0.15) is 10.2 Å². The lowest BCUT2D eigenvalue weighted by atomic mass is 10.0. The molecule has 1 aromatic rings. The average molecular weight is 399 g/mol. The smallest absolute Gasteiger partial charge is 0.0750 e. The zero-order chi connectivity index (χ0) is 20.3. The fourth-order valence-corrected chi connectivity index (χ4v) is 3.45. The van der Waals surface area contributed by atoms with Gasteiger partial charge in [-0.05, 0) is 31.8 Å². The van der Waals surface area contributed by atoms with Crippen LogP contribution in [0, 0.1) is 5.92 Å². The lowest BCUT2D eigenvalue weighted by molar-refractivity contribution is -0.00146. The molecule has 0 radical (unpaired) electrons. The summed E-state index contributed by atoms with van der Waals surface area (Å²) in [6.07, 6.45) is 22.6. The van der Waals surface area contributed by atoms with Crippen molar-refractivity contribution < 1.29 is 4.74 Å². The second kappa shape index (κ2) is 11.5. The van der Waals surface area contributed by atoms with Crippen molar-refractivity contribution in [2.75, 3.05) is 19.7 Å². The molecule has 1 aromatic heterocycles. The normalized spacial score (nSPS) is 26.0. The topological polar surface area (TPSA) is 77.6 Å². The van der Waals surface area contributed by atoms with E-state index in [4.69, 9.17) is 4.74 Å². The molecule has 7 nitrogen and oxygen atoms in total. The number of hydrazone groups is 1. The second-order valence-corrected chi connectivity index (χ2v) is 7.63. The van der Waals surface area contributed by atoms with Crippen LogP contribution in [0.25, 0.3) is 0 Å². The molecule has 29 heavy (non-hydrogen) atoms. The highest BCUT2D eigenvalue weighted by atomic mass is 16.5. The second-order valence-electron chi connectivity index (χ2n) is 7.63. The molecule has 3 unspecified atom stereocenters. The first-order chi connectivity index (χ1) is 14.3. The highest BCUT2D eigenvalue weighted by Gasteiger charge is 2.20. The van der Waals surface area contributed by atoms with Crippen molar-refractivity contribution >= 4 is 6.21 Å². The number of nitrogens with zero attached hydrogens (tertiary/aromatic N) is 3. The van der Waals surface area contributed by atoms with Gasteiger partial charge in [0, 0.05) is 37.0 Å². The van der Waals surface area contributed by atoms with Gasteiger partial charge in [-0.25, -0.2) is 0 Å². The quantitative estimate of drug-likeness (QED) is 0.417. The summed E-state index contributed by atoms with van der Waals surface area (Å²) in [5.41, 5.74) is 4.31. The molecule has 4 atom stereocenters. The number of unbranched alkanes of at least 4 members (excludes halogenated alkanes) is 2. The fraction of sp³-hybridized carbons (Fsp3) is 0.545. The third kappa shape index (κ3) is 6.78. The minimum absolute atomic E-state index is 0.108. The lowest BCUT2D eigenvalue weighted by Crippen LogP contribution is -2.38. The van der Waals surface area contributed by atoms with Crippen LogP contribution in [0.2, 0.25) is 0 Å². The Kier molecular flexibility index (Phi) is 8.37. The molecule has 0 saturated carbocycles. The molecule has 0 spiro atoms. The first kappa shape index (κ1) is 21.2. The number of rotatable bonds is 10. The predicted molar refractivity (Wildman–Crippen MR) is 117 cm³/mol. The molecule has 0 bridgehead atoms. The molecule has 3 heterocycles. The maximum absolute atomic E-state index is 5.60. The van der Waals surface area contributed by atoms with E-state index >= 15 is 0 Å². The van der Waals surface area contributed by atoms with Crippen LogP contribution in [-0.4, -0.2) is 53.2 Å². The molecular weight excluding hydrogens is 364 g/mol.